The Morgan fingerprint density at radius 2 is 1.81 bits per heavy atom. The number of carbonyl (C=O) groups is 1. The number of nitrogens with two attached hydrogens (primary N) is 2. The van der Waals surface area contributed by atoms with Gasteiger partial charge in [0.25, 0.3) is 5.91 Å². The zero-order valence-electron chi connectivity index (χ0n) is 14.0. The summed E-state index contributed by atoms with van der Waals surface area (Å²) in [4.78, 5) is 15.5. The maximum absolute atomic E-state index is 12.4. The number of amides is 1. The van der Waals surface area contributed by atoms with Crippen LogP contribution in [0.4, 0.5) is 5.69 Å². The lowest BCUT2D eigenvalue weighted by Gasteiger charge is -2.05. The zero-order chi connectivity index (χ0) is 18.7. The van der Waals surface area contributed by atoms with Gasteiger partial charge in [0, 0.05) is 21.6 Å². The predicted octanol–water partition coefficient (Wildman–Crippen LogP) is 3.07. The Morgan fingerprint density at radius 3 is 2.50 bits per heavy atom. The maximum Gasteiger partial charge on any atom is 0.272 e. The molecule has 1 amide bonds. The lowest BCUT2D eigenvalue weighted by Crippen LogP contribution is -2.22. The number of carbonyl (C=O) groups excluding carboxylic acids is 1. The summed E-state index contributed by atoms with van der Waals surface area (Å²) in [5.74, 6) is -0.344. The van der Waals surface area contributed by atoms with Crippen LogP contribution in [0.1, 0.15) is 23.0 Å². The molecule has 0 aliphatic heterocycles. The standard InChI is InChI=1S/C18H17ClN6O/c1-10(24-25-18(20)21)11-2-5-14(6-3-11)22-17(26)16-9-12-8-13(19)4-7-15(12)23-16/h2-9,23H,1H3,(H,22,26)(H4,20,21,25)/b24-10+. The van der Waals surface area contributed by atoms with Gasteiger partial charge in [-0.1, -0.05) is 23.7 Å². The molecule has 0 aliphatic rings. The van der Waals surface area contributed by atoms with Crippen LogP contribution in [0.5, 0.6) is 0 Å². The van der Waals surface area contributed by atoms with Gasteiger partial charge in [-0.15, -0.1) is 5.10 Å². The van der Waals surface area contributed by atoms with E-state index in [4.69, 9.17) is 23.1 Å². The third kappa shape index (κ3) is 4.01. The minimum atomic E-state index is -0.240. The molecule has 7 nitrogen and oxygen atoms in total. The molecule has 1 heterocycles. The molecule has 3 rings (SSSR count). The Morgan fingerprint density at radius 1 is 1.08 bits per heavy atom. The van der Waals surface area contributed by atoms with Gasteiger partial charge in [-0.3, -0.25) is 4.79 Å². The van der Waals surface area contributed by atoms with Crippen LogP contribution in [0.3, 0.4) is 0 Å². The monoisotopic (exact) mass is 368 g/mol. The molecule has 0 bridgehead atoms. The van der Waals surface area contributed by atoms with Crippen molar-refractivity contribution in [3.05, 3.63) is 64.8 Å². The normalized spacial score (nSPS) is 11.4. The summed E-state index contributed by atoms with van der Waals surface area (Å²) in [6.45, 7) is 1.79. The van der Waals surface area contributed by atoms with E-state index in [1.54, 1.807) is 37.3 Å². The molecule has 26 heavy (non-hydrogen) atoms. The number of nitrogens with one attached hydrogen (secondary N) is 2. The minimum absolute atomic E-state index is 0.104. The van der Waals surface area contributed by atoms with E-state index in [-0.39, 0.29) is 11.9 Å². The van der Waals surface area contributed by atoms with Crippen LogP contribution >= 0.6 is 11.6 Å². The molecule has 0 fully saturated rings. The number of aromatic nitrogens is 1. The van der Waals surface area contributed by atoms with Crippen molar-refractivity contribution in [2.75, 3.05) is 5.32 Å². The van der Waals surface area contributed by atoms with E-state index in [2.05, 4.69) is 20.5 Å². The van der Waals surface area contributed by atoms with E-state index in [1.165, 1.54) is 0 Å². The molecule has 0 aliphatic carbocycles. The van der Waals surface area contributed by atoms with Crippen LogP contribution in [0.2, 0.25) is 5.02 Å². The topological polar surface area (TPSA) is 122 Å². The number of rotatable bonds is 4. The maximum atomic E-state index is 12.4. The molecule has 0 spiro atoms. The van der Waals surface area contributed by atoms with Gasteiger partial charge in [0.1, 0.15) is 5.69 Å². The molecule has 8 heteroatoms. The number of guanidine groups is 1. The third-order valence-corrected chi connectivity index (χ3v) is 3.94. The molecule has 0 radical (unpaired) electrons. The molecule has 0 saturated heterocycles. The fourth-order valence-corrected chi connectivity index (χ4v) is 2.59. The largest absolute Gasteiger partial charge is 0.369 e. The average Bonchev–Trinajstić information content (AvgIpc) is 3.03. The first-order valence-electron chi connectivity index (χ1n) is 7.75. The van der Waals surface area contributed by atoms with E-state index in [0.29, 0.717) is 22.1 Å². The van der Waals surface area contributed by atoms with E-state index in [0.717, 1.165) is 16.5 Å². The van der Waals surface area contributed by atoms with Crippen LogP contribution in [0.25, 0.3) is 10.9 Å². The lowest BCUT2D eigenvalue weighted by atomic mass is 10.1. The number of fused-ring (bicyclic) bond motifs is 1. The van der Waals surface area contributed by atoms with Crippen molar-refractivity contribution in [3.63, 3.8) is 0 Å². The van der Waals surface area contributed by atoms with Gasteiger partial charge in [0.05, 0.1) is 5.71 Å². The summed E-state index contributed by atoms with van der Waals surface area (Å²) in [6.07, 6.45) is 0. The van der Waals surface area contributed by atoms with Crippen molar-refractivity contribution in [3.8, 4) is 0 Å². The van der Waals surface area contributed by atoms with Crippen molar-refractivity contribution >= 4 is 45.8 Å². The number of halogens is 1. The van der Waals surface area contributed by atoms with Crippen molar-refractivity contribution in [1.29, 1.82) is 0 Å². The van der Waals surface area contributed by atoms with Crippen LogP contribution in [-0.4, -0.2) is 22.6 Å². The summed E-state index contributed by atoms with van der Waals surface area (Å²) in [7, 11) is 0. The second kappa shape index (κ2) is 7.28. The Labute approximate surface area is 154 Å². The van der Waals surface area contributed by atoms with Gasteiger partial charge in [0.2, 0.25) is 5.96 Å². The van der Waals surface area contributed by atoms with Gasteiger partial charge < -0.3 is 21.8 Å². The average molecular weight is 369 g/mol. The Hall–Kier alpha value is -3.32. The van der Waals surface area contributed by atoms with Crippen LogP contribution in [0, 0.1) is 0 Å². The van der Waals surface area contributed by atoms with Gasteiger partial charge in [-0.05, 0) is 48.9 Å². The molecule has 0 atom stereocenters. The summed E-state index contributed by atoms with van der Waals surface area (Å²) in [5.41, 5.74) is 14.0. The quantitative estimate of drug-likeness (QED) is 0.321. The number of benzene rings is 2. The number of hydrogen-bond acceptors (Lipinski definition) is 3. The number of hydrogen-bond donors (Lipinski definition) is 4. The lowest BCUT2D eigenvalue weighted by molar-refractivity contribution is 0.102. The number of anilines is 1. The highest BCUT2D eigenvalue weighted by molar-refractivity contribution is 6.31. The summed E-state index contributed by atoms with van der Waals surface area (Å²) in [6, 6.07) is 14.4. The first kappa shape index (κ1) is 17.5. The van der Waals surface area contributed by atoms with Crippen LogP contribution < -0.4 is 16.8 Å². The van der Waals surface area contributed by atoms with Gasteiger partial charge in [0.15, 0.2) is 0 Å². The molecular weight excluding hydrogens is 352 g/mol. The van der Waals surface area contributed by atoms with E-state index >= 15 is 0 Å². The Kier molecular flexibility index (Phi) is 4.90. The van der Waals surface area contributed by atoms with Gasteiger partial charge >= 0.3 is 0 Å². The molecule has 0 saturated carbocycles. The van der Waals surface area contributed by atoms with Crippen LogP contribution in [-0.2, 0) is 0 Å². The second-order valence-corrected chi connectivity index (χ2v) is 6.09. The van der Waals surface area contributed by atoms with E-state index in [9.17, 15) is 4.79 Å². The van der Waals surface area contributed by atoms with Crippen molar-refractivity contribution < 1.29 is 4.79 Å². The zero-order valence-corrected chi connectivity index (χ0v) is 14.7. The summed E-state index contributed by atoms with van der Waals surface area (Å²) >= 11 is 5.97. The number of H-pyrrole nitrogens is 1. The highest BCUT2D eigenvalue weighted by atomic mass is 35.5. The Bertz CT molecular complexity index is 1020. The molecule has 0 unspecified atom stereocenters. The summed E-state index contributed by atoms with van der Waals surface area (Å²) in [5, 5.41) is 11.9. The highest BCUT2D eigenvalue weighted by Crippen LogP contribution is 2.21. The molecule has 2 aromatic carbocycles. The van der Waals surface area contributed by atoms with E-state index < -0.39 is 0 Å². The fraction of sp³-hybridized carbons (Fsp3) is 0.0556. The van der Waals surface area contributed by atoms with Crippen molar-refractivity contribution in [2.24, 2.45) is 21.7 Å². The minimum Gasteiger partial charge on any atom is -0.369 e. The third-order valence-electron chi connectivity index (χ3n) is 3.70. The first-order chi connectivity index (χ1) is 12.4. The summed E-state index contributed by atoms with van der Waals surface area (Å²) < 4.78 is 0. The number of aromatic amines is 1. The number of nitrogens with zero attached hydrogens (tertiary/aromatic N) is 2. The molecule has 3 aromatic rings. The van der Waals surface area contributed by atoms with Crippen molar-refractivity contribution in [2.45, 2.75) is 6.92 Å². The SMILES string of the molecule is C/C(=N\N=C(N)N)c1ccc(NC(=O)c2cc3cc(Cl)ccc3[nH]2)cc1. The molecule has 132 valence electrons. The molecule has 1 aromatic heterocycles. The first-order valence-corrected chi connectivity index (χ1v) is 8.13. The predicted molar refractivity (Wildman–Crippen MR) is 106 cm³/mol. The molecular formula is C18H17ClN6O. The van der Waals surface area contributed by atoms with Crippen molar-refractivity contribution in [1.82, 2.24) is 4.98 Å². The van der Waals surface area contributed by atoms with E-state index in [1.807, 2.05) is 18.2 Å². The van der Waals surface area contributed by atoms with Crippen LogP contribution in [0.15, 0.2) is 58.7 Å². The second-order valence-electron chi connectivity index (χ2n) is 5.66. The Balaban J connectivity index is 1.74. The van der Waals surface area contributed by atoms with Gasteiger partial charge in [-0.25, -0.2) is 0 Å². The van der Waals surface area contributed by atoms with Gasteiger partial charge in [-0.2, -0.15) is 5.10 Å². The molecule has 6 N–H and O–H groups in total. The smallest absolute Gasteiger partial charge is 0.272 e. The fourth-order valence-electron chi connectivity index (χ4n) is 2.41. The highest BCUT2D eigenvalue weighted by Gasteiger charge is 2.10.